The third kappa shape index (κ3) is 5.86. The average molecular weight is 522 g/mol. The van der Waals surface area contributed by atoms with E-state index in [1.807, 2.05) is 0 Å². The zero-order valence-electron chi connectivity index (χ0n) is 19.7. The molecular formula is C25H28ClNO9. The minimum atomic E-state index is -1.86. The van der Waals surface area contributed by atoms with Crippen molar-refractivity contribution in [2.75, 3.05) is 20.3 Å². The van der Waals surface area contributed by atoms with E-state index in [0.717, 1.165) is 0 Å². The number of carbonyl (C=O) groups is 2. The molecule has 36 heavy (non-hydrogen) atoms. The number of benzene rings is 2. The second kappa shape index (κ2) is 11.8. The third-order valence-electron chi connectivity index (χ3n) is 5.90. The first kappa shape index (κ1) is 27.6. The van der Waals surface area contributed by atoms with Gasteiger partial charge in [0.1, 0.15) is 36.8 Å². The second-order valence-corrected chi connectivity index (χ2v) is 8.69. The van der Waals surface area contributed by atoms with Crippen LogP contribution in [0.3, 0.4) is 0 Å². The summed E-state index contributed by atoms with van der Waals surface area (Å²) in [5.74, 6) is -0.570. The highest BCUT2D eigenvalue weighted by atomic mass is 35.5. The molecule has 5 N–H and O–H groups in total. The normalized spacial score (nSPS) is 14.8. The maximum absolute atomic E-state index is 13.3. The van der Waals surface area contributed by atoms with E-state index < -0.39 is 43.6 Å². The molecule has 0 saturated carbocycles. The van der Waals surface area contributed by atoms with Crippen molar-refractivity contribution in [2.24, 2.45) is 0 Å². The summed E-state index contributed by atoms with van der Waals surface area (Å²) in [6.45, 7) is 0.195. The average Bonchev–Trinajstić information content (AvgIpc) is 3.15. The summed E-state index contributed by atoms with van der Waals surface area (Å²) in [5, 5.41) is 49.0. The first-order valence-electron chi connectivity index (χ1n) is 11.1. The Balaban J connectivity index is 1.86. The van der Waals surface area contributed by atoms with E-state index in [0.29, 0.717) is 38.5 Å². The van der Waals surface area contributed by atoms with Gasteiger partial charge in [-0.2, -0.15) is 0 Å². The summed E-state index contributed by atoms with van der Waals surface area (Å²) >= 11 is 5.94. The molecule has 3 rings (SSSR count). The Bertz CT molecular complexity index is 1220. The van der Waals surface area contributed by atoms with Crippen molar-refractivity contribution in [2.45, 2.75) is 37.8 Å². The van der Waals surface area contributed by atoms with Crippen LogP contribution in [0.2, 0.25) is 5.02 Å². The first-order valence-corrected chi connectivity index (χ1v) is 11.4. The summed E-state index contributed by atoms with van der Waals surface area (Å²) in [5.41, 5.74) is 1.94. The topological polar surface area (TPSA) is 159 Å². The van der Waals surface area contributed by atoms with Gasteiger partial charge in [-0.15, -0.1) is 0 Å². The van der Waals surface area contributed by atoms with Gasteiger partial charge in [-0.25, -0.2) is 0 Å². The summed E-state index contributed by atoms with van der Waals surface area (Å²) < 4.78 is 11.9. The fraction of sp³-hybridized carbons (Fsp3) is 0.360. The lowest BCUT2D eigenvalue weighted by atomic mass is 10.0. The van der Waals surface area contributed by atoms with Crippen LogP contribution in [0.4, 0.5) is 0 Å². The van der Waals surface area contributed by atoms with Crippen molar-refractivity contribution in [1.29, 1.82) is 0 Å². The predicted octanol–water partition coefficient (Wildman–Crippen LogP) is 0.822. The molecular weight excluding hydrogens is 494 g/mol. The quantitative estimate of drug-likeness (QED) is 0.243. The highest BCUT2D eigenvalue weighted by molar-refractivity contribution is 6.30. The molecule has 194 valence electrons. The molecule has 11 heteroatoms. The summed E-state index contributed by atoms with van der Waals surface area (Å²) in [6, 6.07) is 11.5. The van der Waals surface area contributed by atoms with Gasteiger partial charge in [0, 0.05) is 21.7 Å². The number of hydrogen-bond acceptors (Lipinski definition) is 9. The lowest BCUT2D eigenvalue weighted by Crippen LogP contribution is -2.47. The Kier molecular flexibility index (Phi) is 9.07. The molecule has 3 aromatic rings. The third-order valence-corrected chi connectivity index (χ3v) is 6.15. The van der Waals surface area contributed by atoms with Crippen LogP contribution in [-0.4, -0.2) is 86.7 Å². The highest BCUT2D eigenvalue weighted by Gasteiger charge is 2.31. The van der Waals surface area contributed by atoms with Crippen LogP contribution in [0.25, 0.3) is 10.9 Å². The molecule has 0 fully saturated rings. The Morgan fingerprint density at radius 3 is 2.25 bits per heavy atom. The van der Waals surface area contributed by atoms with Crippen molar-refractivity contribution >= 4 is 34.4 Å². The molecule has 0 bridgehead atoms. The van der Waals surface area contributed by atoms with Crippen LogP contribution >= 0.6 is 11.6 Å². The molecule has 4 atom stereocenters. The summed E-state index contributed by atoms with van der Waals surface area (Å²) in [4.78, 5) is 26.0. The van der Waals surface area contributed by atoms with E-state index in [2.05, 4.69) is 0 Å². The number of ether oxygens (including phenoxy) is 2. The standard InChI is InChI=1S/C25H28ClNO9/c1-13-17(10-22(31)36-12-21(30)24(33)23(32)20(29)11-28)18-9-16(35-2)7-8-19(18)27(13)25(34)14-3-5-15(26)6-4-14/h3-9,20-21,23-24,28-30,32-33H,10-12H2,1-2H3. The van der Waals surface area contributed by atoms with Gasteiger partial charge in [0.2, 0.25) is 0 Å². The fourth-order valence-corrected chi connectivity index (χ4v) is 3.96. The van der Waals surface area contributed by atoms with Gasteiger partial charge >= 0.3 is 5.97 Å². The van der Waals surface area contributed by atoms with Gasteiger partial charge in [0.05, 0.1) is 25.7 Å². The minimum Gasteiger partial charge on any atom is -0.497 e. The SMILES string of the molecule is COc1ccc2c(c1)c(CC(=O)OCC(O)C(O)C(O)C(O)CO)c(C)n2C(=O)c1ccc(Cl)cc1. The lowest BCUT2D eigenvalue weighted by Gasteiger charge is -2.25. The number of nitrogens with zero attached hydrogens (tertiary/aromatic N) is 1. The van der Waals surface area contributed by atoms with E-state index in [1.54, 1.807) is 49.4 Å². The Labute approximate surface area is 211 Å². The second-order valence-electron chi connectivity index (χ2n) is 8.25. The van der Waals surface area contributed by atoms with Gasteiger partial charge in [0.25, 0.3) is 5.91 Å². The van der Waals surface area contributed by atoms with Crippen LogP contribution in [0.5, 0.6) is 5.75 Å². The number of aromatic nitrogens is 1. The number of rotatable bonds is 10. The molecule has 1 aromatic heterocycles. The monoisotopic (exact) mass is 521 g/mol. The van der Waals surface area contributed by atoms with Gasteiger partial charge in [-0.1, -0.05) is 11.6 Å². The number of fused-ring (bicyclic) bond motifs is 1. The van der Waals surface area contributed by atoms with Gasteiger partial charge < -0.3 is 35.0 Å². The van der Waals surface area contributed by atoms with Crippen LogP contribution in [0.1, 0.15) is 21.6 Å². The molecule has 0 aliphatic rings. The number of carbonyl (C=O) groups excluding carboxylic acids is 2. The number of aliphatic hydroxyl groups excluding tert-OH is 5. The number of hydrogen-bond donors (Lipinski definition) is 5. The van der Waals surface area contributed by atoms with E-state index in [9.17, 15) is 30.0 Å². The van der Waals surface area contributed by atoms with Crippen LogP contribution in [-0.2, 0) is 16.0 Å². The van der Waals surface area contributed by atoms with Crippen LogP contribution in [0.15, 0.2) is 42.5 Å². The number of aliphatic hydroxyl groups is 5. The van der Waals surface area contributed by atoms with Crippen molar-refractivity contribution in [3.63, 3.8) is 0 Å². The molecule has 4 unspecified atom stereocenters. The van der Waals surface area contributed by atoms with E-state index in [-0.39, 0.29) is 12.3 Å². The maximum Gasteiger partial charge on any atom is 0.310 e. The molecule has 0 aliphatic carbocycles. The van der Waals surface area contributed by atoms with Gasteiger partial charge in [-0.3, -0.25) is 14.2 Å². The van der Waals surface area contributed by atoms with Gasteiger partial charge in [0.15, 0.2) is 0 Å². The molecule has 0 amide bonds. The van der Waals surface area contributed by atoms with Crippen molar-refractivity contribution in [3.8, 4) is 5.75 Å². The maximum atomic E-state index is 13.3. The van der Waals surface area contributed by atoms with Crippen molar-refractivity contribution in [1.82, 2.24) is 4.57 Å². The molecule has 0 aliphatic heterocycles. The minimum absolute atomic E-state index is 0.263. The molecule has 0 spiro atoms. The van der Waals surface area contributed by atoms with Gasteiger partial charge in [-0.05, 0) is 55.0 Å². The predicted molar refractivity (Wildman–Crippen MR) is 130 cm³/mol. The first-order chi connectivity index (χ1) is 17.1. The van der Waals surface area contributed by atoms with Crippen LogP contribution < -0.4 is 4.74 Å². The molecule has 2 aromatic carbocycles. The van der Waals surface area contributed by atoms with E-state index >= 15 is 0 Å². The smallest absolute Gasteiger partial charge is 0.310 e. The molecule has 0 saturated heterocycles. The number of methoxy groups -OCH3 is 1. The summed E-state index contributed by atoms with van der Waals surface area (Å²) in [6.07, 6.45) is -7.34. The zero-order chi connectivity index (χ0) is 26.6. The molecule has 1 heterocycles. The highest BCUT2D eigenvalue weighted by Crippen LogP contribution is 2.31. The largest absolute Gasteiger partial charge is 0.497 e. The Morgan fingerprint density at radius 2 is 1.64 bits per heavy atom. The van der Waals surface area contributed by atoms with Crippen molar-refractivity contribution < 1.29 is 44.6 Å². The Morgan fingerprint density at radius 1 is 1.00 bits per heavy atom. The van der Waals surface area contributed by atoms with E-state index in [4.69, 9.17) is 26.2 Å². The zero-order valence-corrected chi connectivity index (χ0v) is 20.4. The van der Waals surface area contributed by atoms with Crippen LogP contribution in [0, 0.1) is 6.92 Å². The lowest BCUT2D eigenvalue weighted by molar-refractivity contribution is -0.155. The van der Waals surface area contributed by atoms with E-state index in [1.165, 1.54) is 11.7 Å². The summed E-state index contributed by atoms with van der Waals surface area (Å²) in [7, 11) is 1.49. The Hall–Kier alpha value is -2.99. The number of esters is 1. The number of halogens is 1. The fourth-order valence-electron chi connectivity index (χ4n) is 3.83. The molecule has 10 nitrogen and oxygen atoms in total. The molecule has 0 radical (unpaired) electrons. The van der Waals surface area contributed by atoms with Crippen molar-refractivity contribution in [3.05, 3.63) is 64.3 Å².